The van der Waals surface area contributed by atoms with Crippen molar-refractivity contribution in [2.75, 3.05) is 6.61 Å². The fourth-order valence-electron chi connectivity index (χ4n) is 2.26. The van der Waals surface area contributed by atoms with Gasteiger partial charge in [-0.05, 0) is 12.0 Å². The SMILES string of the molecule is CCCC1(CC)OCC(c2ccccc2)O1. The molecule has 1 aromatic carbocycles. The van der Waals surface area contributed by atoms with Crippen LogP contribution >= 0.6 is 0 Å². The van der Waals surface area contributed by atoms with Gasteiger partial charge in [0.05, 0.1) is 6.61 Å². The largest absolute Gasteiger partial charge is 0.347 e. The normalized spacial score (nSPS) is 29.5. The van der Waals surface area contributed by atoms with E-state index in [-0.39, 0.29) is 11.9 Å². The molecule has 1 aliphatic rings. The third kappa shape index (κ3) is 2.28. The first-order valence-corrected chi connectivity index (χ1v) is 6.16. The Morgan fingerprint density at radius 1 is 1.25 bits per heavy atom. The van der Waals surface area contributed by atoms with Gasteiger partial charge in [0, 0.05) is 6.42 Å². The Morgan fingerprint density at radius 3 is 2.62 bits per heavy atom. The summed E-state index contributed by atoms with van der Waals surface area (Å²) >= 11 is 0. The Kier molecular flexibility index (Phi) is 3.62. The number of ether oxygens (including phenoxy) is 2. The molecule has 1 heterocycles. The second-order valence-electron chi connectivity index (χ2n) is 4.34. The van der Waals surface area contributed by atoms with Crippen LogP contribution in [0.1, 0.15) is 44.8 Å². The van der Waals surface area contributed by atoms with Crippen molar-refractivity contribution in [2.24, 2.45) is 0 Å². The molecule has 1 aromatic rings. The van der Waals surface area contributed by atoms with Gasteiger partial charge in [0.2, 0.25) is 0 Å². The minimum Gasteiger partial charge on any atom is -0.347 e. The van der Waals surface area contributed by atoms with E-state index in [0.717, 1.165) is 19.3 Å². The highest BCUT2D eigenvalue weighted by molar-refractivity contribution is 5.18. The quantitative estimate of drug-likeness (QED) is 0.770. The second kappa shape index (κ2) is 4.98. The topological polar surface area (TPSA) is 18.5 Å². The lowest BCUT2D eigenvalue weighted by Gasteiger charge is -2.26. The minimum atomic E-state index is -0.338. The van der Waals surface area contributed by atoms with E-state index in [0.29, 0.717) is 6.61 Å². The van der Waals surface area contributed by atoms with Crippen molar-refractivity contribution in [3.8, 4) is 0 Å². The monoisotopic (exact) mass is 220 g/mol. The number of rotatable bonds is 4. The van der Waals surface area contributed by atoms with Crippen LogP contribution in [0.4, 0.5) is 0 Å². The van der Waals surface area contributed by atoms with Crippen LogP contribution in [0.5, 0.6) is 0 Å². The molecule has 2 atom stereocenters. The number of benzene rings is 1. The molecule has 0 N–H and O–H groups in total. The molecule has 0 spiro atoms. The van der Waals surface area contributed by atoms with E-state index in [9.17, 15) is 0 Å². The number of hydrogen-bond acceptors (Lipinski definition) is 2. The molecular weight excluding hydrogens is 200 g/mol. The zero-order valence-corrected chi connectivity index (χ0v) is 10.1. The first kappa shape index (κ1) is 11.6. The summed E-state index contributed by atoms with van der Waals surface area (Å²) < 4.78 is 12.0. The molecule has 2 heteroatoms. The lowest BCUT2D eigenvalue weighted by atomic mass is 10.1. The summed E-state index contributed by atoms with van der Waals surface area (Å²) in [5, 5.41) is 0. The van der Waals surface area contributed by atoms with Crippen LogP contribution in [0.25, 0.3) is 0 Å². The van der Waals surface area contributed by atoms with Crippen LogP contribution < -0.4 is 0 Å². The van der Waals surface area contributed by atoms with Gasteiger partial charge in [-0.1, -0.05) is 50.6 Å². The molecule has 0 amide bonds. The maximum Gasteiger partial charge on any atom is 0.169 e. The van der Waals surface area contributed by atoms with Gasteiger partial charge in [-0.2, -0.15) is 0 Å². The van der Waals surface area contributed by atoms with Gasteiger partial charge in [-0.15, -0.1) is 0 Å². The van der Waals surface area contributed by atoms with Gasteiger partial charge in [-0.25, -0.2) is 0 Å². The molecule has 0 aromatic heterocycles. The molecule has 2 rings (SSSR count). The van der Waals surface area contributed by atoms with E-state index < -0.39 is 0 Å². The van der Waals surface area contributed by atoms with Gasteiger partial charge in [0.25, 0.3) is 0 Å². The van der Waals surface area contributed by atoms with Crippen LogP contribution in [-0.2, 0) is 9.47 Å². The first-order chi connectivity index (χ1) is 7.79. The molecule has 2 unspecified atom stereocenters. The van der Waals surface area contributed by atoms with E-state index in [1.165, 1.54) is 5.56 Å². The van der Waals surface area contributed by atoms with Crippen molar-refractivity contribution >= 4 is 0 Å². The molecule has 1 saturated heterocycles. The van der Waals surface area contributed by atoms with Gasteiger partial charge < -0.3 is 9.47 Å². The summed E-state index contributed by atoms with van der Waals surface area (Å²) in [5.74, 6) is -0.338. The number of hydrogen-bond donors (Lipinski definition) is 0. The molecular formula is C14H20O2. The van der Waals surface area contributed by atoms with Crippen molar-refractivity contribution in [1.82, 2.24) is 0 Å². The zero-order valence-electron chi connectivity index (χ0n) is 10.1. The van der Waals surface area contributed by atoms with E-state index in [1.807, 2.05) is 18.2 Å². The van der Waals surface area contributed by atoms with E-state index in [4.69, 9.17) is 9.47 Å². The van der Waals surface area contributed by atoms with Crippen molar-refractivity contribution < 1.29 is 9.47 Å². The lowest BCUT2D eigenvalue weighted by Crippen LogP contribution is -2.28. The first-order valence-electron chi connectivity index (χ1n) is 6.16. The standard InChI is InChI=1S/C14H20O2/c1-3-10-14(4-2)15-11-13(16-14)12-8-6-5-7-9-12/h5-9,13H,3-4,10-11H2,1-2H3. The highest BCUT2D eigenvalue weighted by Crippen LogP contribution is 2.38. The molecule has 0 saturated carbocycles. The summed E-state index contributed by atoms with van der Waals surface area (Å²) in [5.41, 5.74) is 1.22. The van der Waals surface area contributed by atoms with Gasteiger partial charge in [-0.3, -0.25) is 0 Å². The fourth-order valence-corrected chi connectivity index (χ4v) is 2.26. The van der Waals surface area contributed by atoms with Crippen LogP contribution in [0.15, 0.2) is 30.3 Å². The third-order valence-corrected chi connectivity index (χ3v) is 3.20. The second-order valence-corrected chi connectivity index (χ2v) is 4.34. The zero-order chi connectivity index (χ0) is 11.4. The van der Waals surface area contributed by atoms with Crippen molar-refractivity contribution in [1.29, 1.82) is 0 Å². The van der Waals surface area contributed by atoms with E-state index in [2.05, 4.69) is 26.0 Å². The molecule has 0 aliphatic carbocycles. The van der Waals surface area contributed by atoms with Crippen LogP contribution in [0, 0.1) is 0 Å². The summed E-state index contributed by atoms with van der Waals surface area (Å²) in [4.78, 5) is 0. The predicted molar refractivity (Wildman–Crippen MR) is 64.2 cm³/mol. The van der Waals surface area contributed by atoms with Gasteiger partial charge in [0.1, 0.15) is 6.10 Å². The summed E-state index contributed by atoms with van der Waals surface area (Å²) in [7, 11) is 0. The highest BCUT2D eigenvalue weighted by Gasteiger charge is 2.39. The minimum absolute atomic E-state index is 0.104. The van der Waals surface area contributed by atoms with Crippen molar-refractivity contribution in [2.45, 2.75) is 45.0 Å². The van der Waals surface area contributed by atoms with E-state index in [1.54, 1.807) is 0 Å². The van der Waals surface area contributed by atoms with Crippen LogP contribution in [0.3, 0.4) is 0 Å². The third-order valence-electron chi connectivity index (χ3n) is 3.20. The summed E-state index contributed by atoms with van der Waals surface area (Å²) in [6, 6.07) is 10.3. The molecule has 0 bridgehead atoms. The molecule has 1 fully saturated rings. The lowest BCUT2D eigenvalue weighted by molar-refractivity contribution is -0.175. The van der Waals surface area contributed by atoms with Crippen molar-refractivity contribution in [3.05, 3.63) is 35.9 Å². The summed E-state index contributed by atoms with van der Waals surface area (Å²) in [6.07, 6.45) is 3.10. The smallest absolute Gasteiger partial charge is 0.169 e. The molecule has 1 aliphatic heterocycles. The predicted octanol–water partition coefficient (Wildman–Crippen LogP) is 3.68. The van der Waals surface area contributed by atoms with Crippen LogP contribution in [0.2, 0.25) is 0 Å². The Morgan fingerprint density at radius 2 is 2.00 bits per heavy atom. The Bertz CT molecular complexity index is 323. The van der Waals surface area contributed by atoms with E-state index >= 15 is 0 Å². The fraction of sp³-hybridized carbons (Fsp3) is 0.571. The van der Waals surface area contributed by atoms with Crippen molar-refractivity contribution in [3.63, 3.8) is 0 Å². The molecule has 88 valence electrons. The van der Waals surface area contributed by atoms with Gasteiger partial charge in [0.15, 0.2) is 5.79 Å². The average molecular weight is 220 g/mol. The van der Waals surface area contributed by atoms with Gasteiger partial charge >= 0.3 is 0 Å². The average Bonchev–Trinajstić information content (AvgIpc) is 2.76. The highest BCUT2D eigenvalue weighted by atomic mass is 16.7. The Labute approximate surface area is 97.6 Å². The molecule has 2 nitrogen and oxygen atoms in total. The summed E-state index contributed by atoms with van der Waals surface area (Å²) in [6.45, 7) is 4.97. The molecule has 16 heavy (non-hydrogen) atoms. The Balaban J connectivity index is 2.07. The Hall–Kier alpha value is -0.860. The molecule has 0 radical (unpaired) electrons. The van der Waals surface area contributed by atoms with Crippen LogP contribution in [-0.4, -0.2) is 12.4 Å². The maximum atomic E-state index is 6.10. The maximum absolute atomic E-state index is 6.10.